The normalized spacial score (nSPS) is 19.9. The lowest BCUT2D eigenvalue weighted by Gasteiger charge is -2.25. The monoisotopic (exact) mass is 207 g/mol. The quantitative estimate of drug-likeness (QED) is 0.766. The third kappa shape index (κ3) is 1.93. The summed E-state index contributed by atoms with van der Waals surface area (Å²) in [6.45, 7) is 1.57. The van der Waals surface area contributed by atoms with Crippen LogP contribution in [0.5, 0.6) is 0 Å². The summed E-state index contributed by atoms with van der Waals surface area (Å²) in [5.74, 6) is 1.14. The minimum Gasteiger partial charge on any atom is -0.349 e. The summed E-state index contributed by atoms with van der Waals surface area (Å²) in [6, 6.07) is 8.50. The third-order valence-electron chi connectivity index (χ3n) is 2.34. The van der Waals surface area contributed by atoms with E-state index in [1.807, 2.05) is 23.9 Å². The second-order valence-corrected chi connectivity index (χ2v) is 4.56. The van der Waals surface area contributed by atoms with Crippen molar-refractivity contribution < 1.29 is 4.79 Å². The molecule has 0 aromatic heterocycles. The fourth-order valence-electron chi connectivity index (χ4n) is 1.74. The van der Waals surface area contributed by atoms with Gasteiger partial charge in [-0.2, -0.15) is 0 Å². The van der Waals surface area contributed by atoms with E-state index in [9.17, 15) is 4.79 Å². The van der Waals surface area contributed by atoms with Crippen LogP contribution < -0.4 is 5.32 Å². The molecule has 1 amide bonds. The number of thioether (sulfide) groups is 1. The number of hydrogen-bond donors (Lipinski definition) is 1. The first-order valence-corrected chi connectivity index (χ1v) is 5.75. The predicted molar refractivity (Wildman–Crippen MR) is 58.3 cm³/mol. The van der Waals surface area contributed by atoms with Crippen molar-refractivity contribution in [2.24, 2.45) is 0 Å². The molecule has 1 N–H and O–H groups in total. The molecular weight excluding hydrogens is 194 g/mol. The Morgan fingerprint density at radius 2 is 2.29 bits per heavy atom. The molecular formula is C11H13NOS. The number of carbonyl (C=O) groups excluding carboxylic acids is 1. The molecule has 14 heavy (non-hydrogen) atoms. The zero-order valence-electron chi connectivity index (χ0n) is 8.12. The molecule has 1 aromatic carbocycles. The molecule has 0 saturated carbocycles. The van der Waals surface area contributed by atoms with Crippen molar-refractivity contribution in [3.05, 3.63) is 29.8 Å². The van der Waals surface area contributed by atoms with E-state index in [1.165, 1.54) is 10.5 Å². The van der Waals surface area contributed by atoms with E-state index in [0.29, 0.717) is 0 Å². The average molecular weight is 207 g/mol. The third-order valence-corrected chi connectivity index (χ3v) is 3.46. The van der Waals surface area contributed by atoms with Gasteiger partial charge >= 0.3 is 0 Å². The average Bonchev–Trinajstić information content (AvgIpc) is 2.18. The van der Waals surface area contributed by atoms with Gasteiger partial charge in [-0.1, -0.05) is 18.2 Å². The van der Waals surface area contributed by atoms with Gasteiger partial charge in [0.05, 0.1) is 6.04 Å². The van der Waals surface area contributed by atoms with Crippen LogP contribution in [0.4, 0.5) is 0 Å². The van der Waals surface area contributed by atoms with E-state index in [4.69, 9.17) is 0 Å². The van der Waals surface area contributed by atoms with Crippen molar-refractivity contribution in [2.75, 3.05) is 5.75 Å². The maximum absolute atomic E-state index is 11.0. The minimum atomic E-state index is 0.0525. The summed E-state index contributed by atoms with van der Waals surface area (Å²) in [6.07, 6.45) is 1.03. The van der Waals surface area contributed by atoms with Crippen molar-refractivity contribution in [1.82, 2.24) is 5.32 Å². The molecule has 0 saturated heterocycles. The Balaban J connectivity index is 2.26. The molecule has 0 radical (unpaired) electrons. The lowest BCUT2D eigenvalue weighted by Crippen LogP contribution is -2.28. The van der Waals surface area contributed by atoms with Crippen LogP contribution in [0.3, 0.4) is 0 Å². The molecule has 1 aromatic rings. The van der Waals surface area contributed by atoms with Gasteiger partial charge in [-0.25, -0.2) is 0 Å². The van der Waals surface area contributed by atoms with Gasteiger partial charge < -0.3 is 5.32 Å². The molecule has 1 atom stereocenters. The predicted octanol–water partition coefficient (Wildman–Crippen LogP) is 2.36. The Morgan fingerprint density at radius 3 is 3.07 bits per heavy atom. The SMILES string of the molecule is CC(=O)N[C@H]1CCSc2ccccc21. The van der Waals surface area contributed by atoms with Crippen molar-refractivity contribution in [3.63, 3.8) is 0 Å². The second-order valence-electron chi connectivity index (χ2n) is 3.43. The van der Waals surface area contributed by atoms with Crippen molar-refractivity contribution >= 4 is 17.7 Å². The number of amides is 1. The Morgan fingerprint density at radius 1 is 1.50 bits per heavy atom. The van der Waals surface area contributed by atoms with Gasteiger partial charge in [-0.15, -0.1) is 11.8 Å². The molecule has 0 fully saturated rings. The molecule has 1 aliphatic rings. The number of rotatable bonds is 1. The van der Waals surface area contributed by atoms with E-state index in [1.54, 1.807) is 6.92 Å². The van der Waals surface area contributed by atoms with E-state index < -0.39 is 0 Å². The van der Waals surface area contributed by atoms with Crippen molar-refractivity contribution in [1.29, 1.82) is 0 Å². The van der Waals surface area contributed by atoms with Gasteiger partial charge in [0.15, 0.2) is 0 Å². The molecule has 3 heteroatoms. The molecule has 0 unspecified atom stereocenters. The zero-order valence-corrected chi connectivity index (χ0v) is 8.93. The first-order chi connectivity index (χ1) is 6.77. The fraction of sp³-hybridized carbons (Fsp3) is 0.364. The first kappa shape index (κ1) is 9.59. The Labute approximate surface area is 88.1 Å². The highest BCUT2D eigenvalue weighted by atomic mass is 32.2. The van der Waals surface area contributed by atoms with E-state index in [2.05, 4.69) is 17.4 Å². The smallest absolute Gasteiger partial charge is 0.217 e. The maximum Gasteiger partial charge on any atom is 0.217 e. The van der Waals surface area contributed by atoms with E-state index in [0.717, 1.165) is 12.2 Å². The summed E-state index contributed by atoms with van der Waals surface area (Å²) < 4.78 is 0. The summed E-state index contributed by atoms with van der Waals surface area (Å²) in [5.41, 5.74) is 1.26. The molecule has 1 heterocycles. The Hall–Kier alpha value is -0.960. The van der Waals surface area contributed by atoms with Crippen LogP contribution in [-0.2, 0) is 4.79 Å². The molecule has 0 spiro atoms. The first-order valence-electron chi connectivity index (χ1n) is 4.76. The van der Waals surface area contributed by atoms with Crippen LogP contribution in [0.25, 0.3) is 0 Å². The van der Waals surface area contributed by atoms with Crippen LogP contribution in [0.1, 0.15) is 24.9 Å². The molecule has 1 aliphatic heterocycles. The standard InChI is InChI=1S/C11H13NOS/c1-8(13)12-10-6-7-14-11-5-3-2-4-9(10)11/h2-5,10H,6-7H2,1H3,(H,12,13)/t10-/m0/s1. The van der Waals surface area contributed by atoms with Crippen LogP contribution in [0.2, 0.25) is 0 Å². The highest BCUT2D eigenvalue weighted by Gasteiger charge is 2.20. The number of benzene rings is 1. The number of fused-ring (bicyclic) bond motifs is 1. The fourth-order valence-corrected chi connectivity index (χ4v) is 2.86. The number of carbonyl (C=O) groups is 1. The highest BCUT2D eigenvalue weighted by molar-refractivity contribution is 7.99. The van der Waals surface area contributed by atoms with Gasteiger partial charge in [0.2, 0.25) is 5.91 Å². The number of hydrogen-bond acceptors (Lipinski definition) is 2. The van der Waals surface area contributed by atoms with Crippen LogP contribution >= 0.6 is 11.8 Å². The maximum atomic E-state index is 11.0. The minimum absolute atomic E-state index is 0.0525. The van der Waals surface area contributed by atoms with E-state index >= 15 is 0 Å². The Kier molecular flexibility index (Phi) is 2.77. The molecule has 74 valence electrons. The largest absolute Gasteiger partial charge is 0.349 e. The highest BCUT2D eigenvalue weighted by Crippen LogP contribution is 2.35. The summed E-state index contributed by atoms with van der Waals surface area (Å²) >= 11 is 1.87. The summed E-state index contributed by atoms with van der Waals surface area (Å²) in [4.78, 5) is 12.3. The van der Waals surface area contributed by atoms with Crippen molar-refractivity contribution in [2.45, 2.75) is 24.3 Å². The molecule has 2 nitrogen and oxygen atoms in total. The Bertz CT molecular complexity index is 351. The van der Waals surface area contributed by atoms with Gasteiger partial charge in [0.25, 0.3) is 0 Å². The molecule has 2 rings (SSSR count). The van der Waals surface area contributed by atoms with Crippen LogP contribution in [0.15, 0.2) is 29.2 Å². The number of nitrogens with one attached hydrogen (secondary N) is 1. The lowest BCUT2D eigenvalue weighted by molar-refractivity contribution is -0.119. The summed E-state index contributed by atoms with van der Waals surface area (Å²) in [5, 5.41) is 2.99. The second kappa shape index (κ2) is 4.05. The van der Waals surface area contributed by atoms with Gasteiger partial charge in [0.1, 0.15) is 0 Å². The lowest BCUT2D eigenvalue weighted by atomic mass is 10.0. The summed E-state index contributed by atoms with van der Waals surface area (Å²) in [7, 11) is 0. The van der Waals surface area contributed by atoms with Gasteiger partial charge in [-0.3, -0.25) is 4.79 Å². The van der Waals surface area contributed by atoms with Crippen LogP contribution in [-0.4, -0.2) is 11.7 Å². The van der Waals surface area contributed by atoms with Crippen LogP contribution in [0, 0.1) is 0 Å². The topological polar surface area (TPSA) is 29.1 Å². The van der Waals surface area contributed by atoms with E-state index in [-0.39, 0.29) is 11.9 Å². The molecule has 0 bridgehead atoms. The van der Waals surface area contributed by atoms with Gasteiger partial charge in [-0.05, 0) is 18.1 Å². The molecule has 0 aliphatic carbocycles. The van der Waals surface area contributed by atoms with Gasteiger partial charge in [0, 0.05) is 17.6 Å². The van der Waals surface area contributed by atoms with Crippen molar-refractivity contribution in [3.8, 4) is 0 Å². The zero-order chi connectivity index (χ0) is 9.97.